The van der Waals surface area contributed by atoms with E-state index in [9.17, 15) is 0 Å². The number of aromatic nitrogens is 3. The summed E-state index contributed by atoms with van der Waals surface area (Å²) in [6.45, 7) is 0. The van der Waals surface area contributed by atoms with Crippen LogP contribution in [-0.2, 0) is 0 Å². The molecule has 0 spiro atoms. The predicted molar refractivity (Wildman–Crippen MR) is 65.9 cm³/mol. The maximum absolute atomic E-state index is 5.07. The lowest BCUT2D eigenvalue weighted by Crippen LogP contribution is -1.86. The quantitative estimate of drug-likeness (QED) is 0.729. The Morgan fingerprint density at radius 2 is 1.82 bits per heavy atom. The molecule has 3 rings (SSSR count). The lowest BCUT2D eigenvalue weighted by molar-refractivity contribution is 0.399. The summed E-state index contributed by atoms with van der Waals surface area (Å²) in [6, 6.07) is 13.7. The molecule has 0 unspecified atom stereocenters. The summed E-state index contributed by atoms with van der Waals surface area (Å²) < 4.78 is 5.07. The molecule has 0 aliphatic heterocycles. The van der Waals surface area contributed by atoms with Crippen LogP contribution >= 0.6 is 0 Å². The van der Waals surface area contributed by atoms with E-state index < -0.39 is 0 Å². The summed E-state index contributed by atoms with van der Waals surface area (Å²) >= 11 is 0. The fourth-order valence-electron chi connectivity index (χ4n) is 1.72. The van der Waals surface area contributed by atoms with E-state index in [-0.39, 0.29) is 0 Å². The molecule has 17 heavy (non-hydrogen) atoms. The van der Waals surface area contributed by atoms with Crippen LogP contribution in [0.5, 0.6) is 5.88 Å². The lowest BCUT2D eigenvalue weighted by atomic mass is 10.2. The number of imidazole rings is 1. The minimum absolute atomic E-state index is 0.573. The third-order valence-electron chi connectivity index (χ3n) is 2.58. The Morgan fingerprint density at radius 1 is 1.00 bits per heavy atom. The average molecular weight is 225 g/mol. The molecule has 0 aliphatic carbocycles. The third kappa shape index (κ3) is 1.73. The molecule has 0 saturated heterocycles. The Hall–Kier alpha value is -2.36. The SMILES string of the molecule is COc1ccc2[nH]c(-c3ccccc3)nc2n1. The van der Waals surface area contributed by atoms with Gasteiger partial charge < -0.3 is 9.72 Å². The number of H-pyrrole nitrogens is 1. The predicted octanol–water partition coefficient (Wildman–Crippen LogP) is 2.63. The minimum Gasteiger partial charge on any atom is -0.481 e. The number of rotatable bonds is 2. The smallest absolute Gasteiger partial charge is 0.215 e. The molecular weight excluding hydrogens is 214 g/mol. The highest BCUT2D eigenvalue weighted by atomic mass is 16.5. The zero-order valence-electron chi connectivity index (χ0n) is 9.34. The Kier molecular flexibility index (Phi) is 2.26. The van der Waals surface area contributed by atoms with Crippen LogP contribution in [0.2, 0.25) is 0 Å². The molecule has 0 aliphatic rings. The van der Waals surface area contributed by atoms with Gasteiger partial charge in [-0.15, -0.1) is 0 Å². The number of nitrogens with one attached hydrogen (secondary N) is 1. The molecule has 1 N–H and O–H groups in total. The maximum Gasteiger partial charge on any atom is 0.215 e. The number of fused-ring (bicyclic) bond motifs is 1. The van der Waals surface area contributed by atoms with Crippen molar-refractivity contribution in [3.8, 4) is 17.3 Å². The molecule has 2 aromatic heterocycles. The van der Waals surface area contributed by atoms with E-state index in [1.807, 2.05) is 42.5 Å². The number of methoxy groups -OCH3 is 1. The zero-order chi connectivity index (χ0) is 11.7. The van der Waals surface area contributed by atoms with Crippen molar-refractivity contribution in [3.05, 3.63) is 42.5 Å². The lowest BCUT2D eigenvalue weighted by Gasteiger charge is -1.95. The van der Waals surface area contributed by atoms with E-state index >= 15 is 0 Å². The van der Waals surface area contributed by atoms with Crippen molar-refractivity contribution in [3.63, 3.8) is 0 Å². The van der Waals surface area contributed by atoms with Gasteiger partial charge in [0.05, 0.1) is 12.6 Å². The minimum atomic E-state index is 0.573. The molecule has 1 aromatic carbocycles. The van der Waals surface area contributed by atoms with Gasteiger partial charge >= 0.3 is 0 Å². The van der Waals surface area contributed by atoms with Crippen molar-refractivity contribution < 1.29 is 4.74 Å². The molecule has 0 atom stereocenters. The van der Waals surface area contributed by atoms with Crippen LogP contribution in [0.4, 0.5) is 0 Å². The van der Waals surface area contributed by atoms with Gasteiger partial charge in [-0.3, -0.25) is 0 Å². The first-order valence-corrected chi connectivity index (χ1v) is 5.33. The van der Waals surface area contributed by atoms with Crippen LogP contribution < -0.4 is 4.74 Å². The van der Waals surface area contributed by atoms with E-state index in [0.717, 1.165) is 16.9 Å². The van der Waals surface area contributed by atoms with Gasteiger partial charge in [-0.1, -0.05) is 30.3 Å². The van der Waals surface area contributed by atoms with E-state index in [4.69, 9.17) is 4.74 Å². The normalized spacial score (nSPS) is 10.6. The summed E-state index contributed by atoms with van der Waals surface area (Å²) in [5, 5.41) is 0. The average Bonchev–Trinajstić information content (AvgIpc) is 2.82. The second kappa shape index (κ2) is 3.90. The maximum atomic E-state index is 5.07. The van der Waals surface area contributed by atoms with Crippen molar-refractivity contribution >= 4 is 11.2 Å². The van der Waals surface area contributed by atoms with E-state index in [2.05, 4.69) is 15.0 Å². The number of nitrogens with zero attached hydrogens (tertiary/aromatic N) is 2. The van der Waals surface area contributed by atoms with E-state index in [1.165, 1.54) is 0 Å². The first-order valence-electron chi connectivity index (χ1n) is 5.33. The van der Waals surface area contributed by atoms with Gasteiger partial charge in [0, 0.05) is 11.6 Å². The number of aromatic amines is 1. The number of pyridine rings is 1. The molecule has 0 fully saturated rings. The van der Waals surface area contributed by atoms with Crippen molar-refractivity contribution in [2.45, 2.75) is 0 Å². The van der Waals surface area contributed by atoms with Gasteiger partial charge in [0.1, 0.15) is 5.82 Å². The molecule has 0 radical (unpaired) electrons. The number of ether oxygens (including phenoxy) is 1. The van der Waals surface area contributed by atoms with Crippen LogP contribution in [0.15, 0.2) is 42.5 Å². The summed E-state index contributed by atoms with van der Waals surface area (Å²) in [4.78, 5) is 12.0. The van der Waals surface area contributed by atoms with Gasteiger partial charge in [0.15, 0.2) is 5.65 Å². The Labute approximate surface area is 98.3 Å². The second-order valence-electron chi connectivity index (χ2n) is 3.68. The standard InChI is InChI=1S/C13H11N3O/c1-17-11-8-7-10-13(15-11)16-12(14-10)9-5-3-2-4-6-9/h2-8H,1H3,(H,14,15,16). The molecule has 2 heterocycles. The zero-order valence-corrected chi connectivity index (χ0v) is 9.34. The highest BCUT2D eigenvalue weighted by Gasteiger charge is 2.06. The van der Waals surface area contributed by atoms with Crippen molar-refractivity contribution in [2.75, 3.05) is 7.11 Å². The first-order chi connectivity index (χ1) is 8.36. The Balaban J connectivity index is 2.14. The number of hydrogen-bond donors (Lipinski definition) is 1. The summed E-state index contributed by atoms with van der Waals surface area (Å²) in [5.74, 6) is 1.39. The Morgan fingerprint density at radius 3 is 2.59 bits per heavy atom. The molecule has 84 valence electrons. The van der Waals surface area contributed by atoms with Crippen molar-refractivity contribution in [1.29, 1.82) is 0 Å². The van der Waals surface area contributed by atoms with E-state index in [1.54, 1.807) is 7.11 Å². The number of benzene rings is 1. The van der Waals surface area contributed by atoms with Gasteiger partial charge in [0.2, 0.25) is 5.88 Å². The second-order valence-corrected chi connectivity index (χ2v) is 3.68. The van der Waals surface area contributed by atoms with Crippen LogP contribution in [0.1, 0.15) is 0 Å². The summed E-state index contributed by atoms with van der Waals surface area (Å²) in [5.41, 5.74) is 2.62. The fraction of sp³-hybridized carbons (Fsp3) is 0.0769. The van der Waals surface area contributed by atoms with E-state index in [0.29, 0.717) is 11.5 Å². The molecule has 4 nitrogen and oxygen atoms in total. The van der Waals surface area contributed by atoms with Gasteiger partial charge in [0.25, 0.3) is 0 Å². The molecule has 0 amide bonds. The topological polar surface area (TPSA) is 50.8 Å². The van der Waals surface area contributed by atoms with Crippen molar-refractivity contribution in [2.24, 2.45) is 0 Å². The van der Waals surface area contributed by atoms with Crippen molar-refractivity contribution in [1.82, 2.24) is 15.0 Å². The molecular formula is C13H11N3O. The van der Waals surface area contributed by atoms with Crippen LogP contribution in [-0.4, -0.2) is 22.1 Å². The number of hydrogen-bond acceptors (Lipinski definition) is 3. The monoisotopic (exact) mass is 225 g/mol. The largest absolute Gasteiger partial charge is 0.481 e. The summed E-state index contributed by atoms with van der Waals surface area (Å²) in [6.07, 6.45) is 0. The summed E-state index contributed by atoms with van der Waals surface area (Å²) in [7, 11) is 1.60. The fourth-order valence-corrected chi connectivity index (χ4v) is 1.72. The molecule has 4 heteroatoms. The molecule has 3 aromatic rings. The third-order valence-corrected chi connectivity index (χ3v) is 2.58. The highest BCUT2D eigenvalue weighted by molar-refractivity contribution is 5.76. The van der Waals surface area contributed by atoms with Crippen LogP contribution in [0.3, 0.4) is 0 Å². The molecule has 0 bridgehead atoms. The van der Waals surface area contributed by atoms with Gasteiger partial charge in [-0.25, -0.2) is 4.98 Å². The van der Waals surface area contributed by atoms with Gasteiger partial charge in [-0.05, 0) is 6.07 Å². The first kappa shape index (κ1) is 9.84. The van der Waals surface area contributed by atoms with Crippen LogP contribution in [0.25, 0.3) is 22.6 Å². The Bertz CT molecular complexity index is 646. The molecule has 0 saturated carbocycles. The van der Waals surface area contributed by atoms with Gasteiger partial charge in [-0.2, -0.15) is 4.98 Å². The highest BCUT2D eigenvalue weighted by Crippen LogP contribution is 2.20. The van der Waals surface area contributed by atoms with Crippen LogP contribution in [0, 0.1) is 0 Å².